The van der Waals surface area contributed by atoms with E-state index in [0.717, 1.165) is 22.3 Å². The molecule has 3 aromatic rings. The fraction of sp³-hybridized carbons (Fsp3) is 0.250. The maximum Gasteiger partial charge on any atom is 0.186 e. The third-order valence-electron chi connectivity index (χ3n) is 4.12. The van der Waals surface area contributed by atoms with Gasteiger partial charge in [-0.15, -0.1) is 0 Å². The summed E-state index contributed by atoms with van der Waals surface area (Å²) in [5, 5.41) is 0.794. The van der Waals surface area contributed by atoms with Crippen LogP contribution in [0.5, 0.6) is 0 Å². The summed E-state index contributed by atoms with van der Waals surface area (Å²) in [4.78, 5) is 13.3. The maximum atomic E-state index is 13.7. The number of aliphatic imine (C=N–C) groups is 1. The zero-order chi connectivity index (χ0) is 21.0. The quantitative estimate of drug-likeness (QED) is 0.453. The molecule has 4 N–H and O–H groups in total. The van der Waals surface area contributed by atoms with Crippen LogP contribution in [0.4, 0.5) is 8.78 Å². The van der Waals surface area contributed by atoms with Crippen LogP contribution in [0.1, 0.15) is 36.8 Å². The van der Waals surface area contributed by atoms with Crippen molar-refractivity contribution in [3.05, 3.63) is 71.4 Å². The first kappa shape index (κ1) is 20.8. The smallest absolute Gasteiger partial charge is 0.186 e. The number of nitrogens with two attached hydrogens (primary N) is 2. The van der Waals surface area contributed by atoms with E-state index in [-0.39, 0.29) is 18.4 Å². The zero-order valence-electron chi connectivity index (χ0n) is 16.1. The Morgan fingerprint density at radius 2 is 1.79 bits per heavy atom. The van der Waals surface area contributed by atoms with Crippen LogP contribution in [-0.4, -0.2) is 20.5 Å². The summed E-state index contributed by atoms with van der Waals surface area (Å²) in [6, 6.07) is 7.26. The van der Waals surface area contributed by atoms with Crippen LogP contribution in [0.15, 0.2) is 57.6 Å². The lowest BCUT2D eigenvalue weighted by atomic mass is 10.1. The summed E-state index contributed by atoms with van der Waals surface area (Å²) < 4.78 is 29.4. The van der Waals surface area contributed by atoms with Crippen molar-refractivity contribution < 1.29 is 8.78 Å². The Hall–Kier alpha value is -2.94. The number of halogens is 2. The van der Waals surface area contributed by atoms with Gasteiger partial charge in [0.2, 0.25) is 0 Å². The molecule has 3 rings (SSSR count). The molecule has 29 heavy (non-hydrogen) atoms. The number of aromatic nitrogens is 3. The second kappa shape index (κ2) is 9.04. The highest BCUT2D eigenvalue weighted by Crippen LogP contribution is 2.36. The highest BCUT2D eigenvalue weighted by Gasteiger charge is 2.21. The molecule has 0 spiro atoms. The number of guanidine groups is 1. The minimum absolute atomic E-state index is 0.0315. The summed E-state index contributed by atoms with van der Waals surface area (Å²) >= 11 is 1.27. The molecule has 2 heterocycles. The highest BCUT2D eigenvalue weighted by atomic mass is 32.2. The Bertz CT molecular complexity index is 993. The first-order valence-electron chi connectivity index (χ1n) is 9.01. The third-order valence-corrected chi connectivity index (χ3v) is 5.21. The van der Waals surface area contributed by atoms with Crippen LogP contribution >= 0.6 is 11.8 Å². The van der Waals surface area contributed by atoms with E-state index in [1.165, 1.54) is 23.9 Å². The largest absolute Gasteiger partial charge is 0.370 e. The molecule has 0 bridgehead atoms. The summed E-state index contributed by atoms with van der Waals surface area (Å²) in [5.41, 5.74) is 12.8. The molecule has 0 saturated heterocycles. The van der Waals surface area contributed by atoms with Gasteiger partial charge < -0.3 is 16.0 Å². The second-order valence-corrected chi connectivity index (χ2v) is 7.83. The molecule has 152 valence electrons. The fourth-order valence-electron chi connectivity index (χ4n) is 2.80. The van der Waals surface area contributed by atoms with E-state index in [4.69, 9.17) is 16.5 Å². The number of nitrogens with zero attached hydrogens (tertiary/aromatic N) is 4. The normalized spacial score (nSPS) is 11.1. The summed E-state index contributed by atoms with van der Waals surface area (Å²) in [5.74, 6) is -0.527. The van der Waals surface area contributed by atoms with E-state index >= 15 is 0 Å². The van der Waals surface area contributed by atoms with Crippen molar-refractivity contribution in [3.63, 3.8) is 0 Å². The van der Waals surface area contributed by atoms with Gasteiger partial charge in [0, 0.05) is 29.9 Å². The molecule has 2 aromatic heterocycles. The molecule has 0 atom stereocenters. The number of hydrogen-bond acceptors (Lipinski definition) is 4. The highest BCUT2D eigenvalue weighted by molar-refractivity contribution is 7.99. The van der Waals surface area contributed by atoms with Gasteiger partial charge in [-0.2, -0.15) is 0 Å². The number of rotatable bonds is 7. The molecule has 0 radical (unpaired) electrons. The maximum absolute atomic E-state index is 13.7. The Labute approximate surface area is 172 Å². The molecule has 0 aliphatic rings. The van der Waals surface area contributed by atoms with Crippen molar-refractivity contribution >= 4 is 17.7 Å². The van der Waals surface area contributed by atoms with Crippen molar-refractivity contribution in [1.82, 2.24) is 14.5 Å². The van der Waals surface area contributed by atoms with Crippen LogP contribution in [0.2, 0.25) is 0 Å². The summed E-state index contributed by atoms with van der Waals surface area (Å²) in [6.07, 6.45) is 3.42. The minimum atomic E-state index is -0.625. The van der Waals surface area contributed by atoms with Gasteiger partial charge in [0.05, 0.1) is 5.69 Å². The van der Waals surface area contributed by atoms with E-state index in [9.17, 15) is 8.78 Å². The van der Waals surface area contributed by atoms with Gasteiger partial charge >= 0.3 is 0 Å². The SMILES string of the molecule is CC(C)c1nc(CN=C(N)N)n(Cc2ccncc2)c1Sc1cc(F)cc(F)c1. The average Bonchev–Trinajstić information content (AvgIpc) is 2.97. The molecule has 0 amide bonds. The van der Waals surface area contributed by atoms with Crippen LogP contribution in [0.3, 0.4) is 0 Å². The molecule has 6 nitrogen and oxygen atoms in total. The lowest BCUT2D eigenvalue weighted by Gasteiger charge is -2.13. The number of pyridine rings is 1. The molecule has 1 aromatic carbocycles. The molecule has 0 aliphatic heterocycles. The molecule has 0 unspecified atom stereocenters. The van der Waals surface area contributed by atoms with E-state index in [1.807, 2.05) is 30.5 Å². The van der Waals surface area contributed by atoms with Crippen molar-refractivity contribution in [2.24, 2.45) is 16.5 Å². The van der Waals surface area contributed by atoms with Crippen molar-refractivity contribution in [2.75, 3.05) is 0 Å². The first-order chi connectivity index (χ1) is 13.8. The topological polar surface area (TPSA) is 95.1 Å². The van der Waals surface area contributed by atoms with Crippen molar-refractivity contribution in [3.8, 4) is 0 Å². The summed E-state index contributed by atoms with van der Waals surface area (Å²) in [6.45, 7) is 4.72. The predicted octanol–water partition coefficient (Wildman–Crippen LogP) is 3.65. The fourth-order valence-corrected chi connectivity index (χ4v) is 4.03. The van der Waals surface area contributed by atoms with Crippen molar-refractivity contribution in [1.29, 1.82) is 0 Å². The van der Waals surface area contributed by atoms with E-state index < -0.39 is 11.6 Å². The van der Waals surface area contributed by atoms with Crippen LogP contribution in [0, 0.1) is 11.6 Å². The number of imidazole rings is 1. The van der Waals surface area contributed by atoms with Crippen LogP contribution < -0.4 is 11.5 Å². The van der Waals surface area contributed by atoms with E-state index in [0.29, 0.717) is 17.3 Å². The molecule has 0 fully saturated rings. The van der Waals surface area contributed by atoms with Gasteiger partial charge in [-0.25, -0.2) is 18.8 Å². The van der Waals surface area contributed by atoms with E-state index in [1.54, 1.807) is 12.4 Å². The minimum Gasteiger partial charge on any atom is -0.370 e. The Kier molecular flexibility index (Phi) is 6.48. The van der Waals surface area contributed by atoms with Crippen LogP contribution in [0.25, 0.3) is 0 Å². The van der Waals surface area contributed by atoms with Gasteiger partial charge in [-0.1, -0.05) is 25.6 Å². The molecular formula is C20H22F2N6S. The lowest BCUT2D eigenvalue weighted by molar-refractivity contribution is 0.577. The van der Waals surface area contributed by atoms with Crippen molar-refractivity contribution in [2.45, 2.75) is 42.8 Å². The van der Waals surface area contributed by atoms with Crippen LogP contribution in [-0.2, 0) is 13.1 Å². The standard InChI is InChI=1S/C20H22F2N6S/c1-12(2)18-19(29-16-8-14(21)7-15(22)9-16)28(11-13-3-5-25-6-4-13)17(27-18)10-26-20(23)24/h3-9,12H,10-11H2,1-2H3,(H4,23,24,26). The molecule has 0 saturated carbocycles. The Morgan fingerprint density at radius 1 is 1.14 bits per heavy atom. The number of benzene rings is 1. The number of hydrogen-bond donors (Lipinski definition) is 2. The van der Waals surface area contributed by atoms with Gasteiger partial charge in [-0.05, 0) is 35.7 Å². The average molecular weight is 417 g/mol. The predicted molar refractivity (Wildman–Crippen MR) is 110 cm³/mol. The lowest BCUT2D eigenvalue weighted by Crippen LogP contribution is -2.23. The van der Waals surface area contributed by atoms with Gasteiger partial charge in [0.1, 0.15) is 29.0 Å². The van der Waals surface area contributed by atoms with Gasteiger partial charge in [0.25, 0.3) is 0 Å². The summed E-state index contributed by atoms with van der Waals surface area (Å²) in [7, 11) is 0. The van der Waals surface area contributed by atoms with Gasteiger partial charge in [-0.3, -0.25) is 4.98 Å². The zero-order valence-corrected chi connectivity index (χ0v) is 17.0. The second-order valence-electron chi connectivity index (χ2n) is 6.76. The molecule has 0 aliphatic carbocycles. The van der Waals surface area contributed by atoms with E-state index in [2.05, 4.69) is 9.98 Å². The third kappa shape index (κ3) is 5.32. The first-order valence-corrected chi connectivity index (χ1v) is 9.82. The van der Waals surface area contributed by atoms with Gasteiger partial charge in [0.15, 0.2) is 5.96 Å². The Balaban J connectivity index is 2.10. The molecule has 9 heteroatoms. The molecular weight excluding hydrogens is 394 g/mol. The Morgan fingerprint density at radius 3 is 2.38 bits per heavy atom. The monoisotopic (exact) mass is 416 g/mol.